The fourth-order valence-corrected chi connectivity index (χ4v) is 2.73. The van der Waals surface area contributed by atoms with Crippen molar-refractivity contribution in [2.75, 3.05) is 6.61 Å². The SMILES string of the molecule is CCC(C)CC(CCOC(=O)C(C)OC(=O)CCC(=O)O)c1ccccc1. The molecule has 0 aliphatic carbocycles. The van der Waals surface area contributed by atoms with Crippen molar-refractivity contribution in [2.24, 2.45) is 5.92 Å². The van der Waals surface area contributed by atoms with Crippen molar-refractivity contribution in [1.29, 1.82) is 0 Å². The minimum Gasteiger partial charge on any atom is -0.481 e. The molecule has 150 valence electrons. The molecular weight excluding hydrogens is 348 g/mol. The van der Waals surface area contributed by atoms with Crippen molar-refractivity contribution in [2.45, 2.75) is 64.9 Å². The van der Waals surface area contributed by atoms with E-state index in [2.05, 4.69) is 26.0 Å². The summed E-state index contributed by atoms with van der Waals surface area (Å²) < 4.78 is 10.2. The summed E-state index contributed by atoms with van der Waals surface area (Å²) in [5, 5.41) is 8.55. The highest BCUT2D eigenvalue weighted by atomic mass is 16.6. The van der Waals surface area contributed by atoms with E-state index >= 15 is 0 Å². The molecule has 6 nitrogen and oxygen atoms in total. The van der Waals surface area contributed by atoms with Crippen molar-refractivity contribution >= 4 is 17.9 Å². The summed E-state index contributed by atoms with van der Waals surface area (Å²) in [5.41, 5.74) is 1.22. The smallest absolute Gasteiger partial charge is 0.347 e. The minimum absolute atomic E-state index is 0.242. The van der Waals surface area contributed by atoms with Gasteiger partial charge in [-0.05, 0) is 37.2 Å². The van der Waals surface area contributed by atoms with Crippen molar-refractivity contribution in [1.82, 2.24) is 0 Å². The maximum absolute atomic E-state index is 12.0. The molecule has 3 atom stereocenters. The van der Waals surface area contributed by atoms with E-state index in [1.807, 2.05) is 18.2 Å². The third kappa shape index (κ3) is 9.22. The number of rotatable bonds is 12. The van der Waals surface area contributed by atoms with E-state index in [9.17, 15) is 14.4 Å². The Labute approximate surface area is 160 Å². The van der Waals surface area contributed by atoms with Gasteiger partial charge in [-0.2, -0.15) is 0 Å². The monoisotopic (exact) mass is 378 g/mol. The maximum atomic E-state index is 12.0. The van der Waals surface area contributed by atoms with Crippen molar-refractivity contribution in [3.8, 4) is 0 Å². The van der Waals surface area contributed by atoms with Gasteiger partial charge in [0, 0.05) is 0 Å². The van der Waals surface area contributed by atoms with Crippen molar-refractivity contribution in [3.05, 3.63) is 35.9 Å². The van der Waals surface area contributed by atoms with Gasteiger partial charge in [0.2, 0.25) is 0 Å². The summed E-state index contributed by atoms with van der Waals surface area (Å²) in [5.74, 6) is -1.56. The molecule has 0 amide bonds. The van der Waals surface area contributed by atoms with Gasteiger partial charge < -0.3 is 14.6 Å². The lowest BCUT2D eigenvalue weighted by Gasteiger charge is -2.21. The minimum atomic E-state index is -1.09. The molecule has 0 saturated heterocycles. The first-order valence-electron chi connectivity index (χ1n) is 9.46. The molecule has 0 saturated carbocycles. The van der Waals surface area contributed by atoms with Crippen LogP contribution in [0.3, 0.4) is 0 Å². The Kier molecular flexibility index (Phi) is 10.2. The molecule has 6 heteroatoms. The number of carbonyl (C=O) groups is 3. The van der Waals surface area contributed by atoms with Gasteiger partial charge in [-0.3, -0.25) is 9.59 Å². The first-order chi connectivity index (χ1) is 12.8. The van der Waals surface area contributed by atoms with Gasteiger partial charge in [-0.25, -0.2) is 4.79 Å². The van der Waals surface area contributed by atoms with Crippen LogP contribution in [-0.4, -0.2) is 35.7 Å². The molecular formula is C21H30O6. The van der Waals surface area contributed by atoms with Crippen LogP contribution in [-0.2, 0) is 23.9 Å². The highest BCUT2D eigenvalue weighted by molar-refractivity contribution is 5.81. The highest BCUT2D eigenvalue weighted by Crippen LogP contribution is 2.28. The van der Waals surface area contributed by atoms with E-state index in [1.165, 1.54) is 12.5 Å². The second kappa shape index (κ2) is 12.1. The number of carboxylic acids is 1. The van der Waals surface area contributed by atoms with Gasteiger partial charge in [-0.1, -0.05) is 50.6 Å². The standard InChI is InChI=1S/C21H30O6/c1-4-15(2)14-18(17-8-6-5-7-9-17)12-13-26-21(25)16(3)27-20(24)11-10-19(22)23/h5-9,15-16,18H,4,10-14H2,1-3H3,(H,22,23). The van der Waals surface area contributed by atoms with E-state index < -0.39 is 24.0 Å². The average Bonchev–Trinajstić information content (AvgIpc) is 2.65. The van der Waals surface area contributed by atoms with E-state index in [0.29, 0.717) is 18.3 Å². The van der Waals surface area contributed by atoms with Gasteiger partial charge in [0.15, 0.2) is 6.10 Å². The zero-order chi connectivity index (χ0) is 20.2. The summed E-state index contributed by atoms with van der Waals surface area (Å²) in [4.78, 5) is 33.9. The highest BCUT2D eigenvalue weighted by Gasteiger charge is 2.21. The molecule has 1 aromatic carbocycles. The molecule has 0 fully saturated rings. The number of benzene rings is 1. The zero-order valence-electron chi connectivity index (χ0n) is 16.3. The lowest BCUT2D eigenvalue weighted by Crippen LogP contribution is -2.27. The van der Waals surface area contributed by atoms with Gasteiger partial charge >= 0.3 is 17.9 Å². The summed E-state index contributed by atoms with van der Waals surface area (Å²) in [6.45, 7) is 6.04. The average molecular weight is 378 g/mol. The molecule has 0 radical (unpaired) electrons. The fourth-order valence-electron chi connectivity index (χ4n) is 2.73. The molecule has 1 rings (SSSR count). The summed E-state index contributed by atoms with van der Waals surface area (Å²) in [6.07, 6.45) is 1.16. The zero-order valence-corrected chi connectivity index (χ0v) is 16.3. The predicted molar refractivity (Wildman–Crippen MR) is 101 cm³/mol. The molecule has 0 spiro atoms. The Morgan fingerprint density at radius 3 is 2.33 bits per heavy atom. The first-order valence-corrected chi connectivity index (χ1v) is 9.46. The lowest BCUT2D eigenvalue weighted by molar-refractivity contribution is -0.167. The van der Waals surface area contributed by atoms with Crippen LogP contribution in [0, 0.1) is 5.92 Å². The summed E-state index contributed by atoms with van der Waals surface area (Å²) >= 11 is 0. The topological polar surface area (TPSA) is 89.9 Å². The van der Waals surface area contributed by atoms with Gasteiger partial charge in [0.25, 0.3) is 0 Å². The number of hydrogen-bond donors (Lipinski definition) is 1. The van der Waals surface area contributed by atoms with E-state index in [0.717, 1.165) is 12.8 Å². The lowest BCUT2D eigenvalue weighted by atomic mass is 9.86. The number of hydrogen-bond acceptors (Lipinski definition) is 5. The predicted octanol–water partition coefficient (Wildman–Crippen LogP) is 3.94. The molecule has 27 heavy (non-hydrogen) atoms. The van der Waals surface area contributed by atoms with Gasteiger partial charge in [-0.15, -0.1) is 0 Å². The molecule has 3 unspecified atom stereocenters. The Bertz CT molecular complexity index is 598. The third-order valence-corrected chi connectivity index (χ3v) is 4.55. The Morgan fingerprint density at radius 2 is 1.74 bits per heavy atom. The van der Waals surface area contributed by atoms with Crippen LogP contribution in [0.4, 0.5) is 0 Å². The quantitative estimate of drug-likeness (QED) is 0.554. The number of aliphatic carboxylic acids is 1. The number of ether oxygens (including phenoxy) is 2. The fraction of sp³-hybridized carbons (Fsp3) is 0.571. The van der Waals surface area contributed by atoms with Crippen LogP contribution in [0.2, 0.25) is 0 Å². The molecule has 0 aromatic heterocycles. The summed E-state index contributed by atoms with van der Waals surface area (Å²) in [6, 6.07) is 10.2. The molecule has 0 bridgehead atoms. The summed E-state index contributed by atoms with van der Waals surface area (Å²) in [7, 11) is 0. The molecule has 0 heterocycles. The van der Waals surface area contributed by atoms with Gasteiger partial charge in [0.05, 0.1) is 19.4 Å². The Hall–Kier alpha value is -2.37. The van der Waals surface area contributed by atoms with Crippen LogP contribution in [0.15, 0.2) is 30.3 Å². The van der Waals surface area contributed by atoms with E-state index in [4.69, 9.17) is 14.6 Å². The van der Waals surface area contributed by atoms with Crippen LogP contribution in [0.1, 0.15) is 64.4 Å². The molecule has 0 aliphatic heterocycles. The maximum Gasteiger partial charge on any atom is 0.347 e. The Balaban J connectivity index is 2.48. The molecule has 1 aromatic rings. The Morgan fingerprint density at radius 1 is 1.07 bits per heavy atom. The normalized spacial score (nSPS) is 14.0. The largest absolute Gasteiger partial charge is 0.481 e. The van der Waals surface area contributed by atoms with Crippen molar-refractivity contribution in [3.63, 3.8) is 0 Å². The second-order valence-electron chi connectivity index (χ2n) is 6.84. The number of esters is 2. The van der Waals surface area contributed by atoms with Crippen LogP contribution < -0.4 is 0 Å². The van der Waals surface area contributed by atoms with E-state index in [-0.39, 0.29) is 19.4 Å². The number of carboxylic acid groups (broad SMARTS) is 1. The second-order valence-corrected chi connectivity index (χ2v) is 6.84. The molecule has 0 aliphatic rings. The number of carbonyl (C=O) groups excluding carboxylic acids is 2. The van der Waals surface area contributed by atoms with Gasteiger partial charge in [0.1, 0.15) is 0 Å². The van der Waals surface area contributed by atoms with Crippen molar-refractivity contribution < 1.29 is 29.0 Å². The molecule has 1 N–H and O–H groups in total. The van der Waals surface area contributed by atoms with E-state index in [1.54, 1.807) is 0 Å². The van der Waals surface area contributed by atoms with Crippen LogP contribution in [0.25, 0.3) is 0 Å². The first kappa shape index (κ1) is 22.7. The third-order valence-electron chi connectivity index (χ3n) is 4.55. The van der Waals surface area contributed by atoms with Crippen LogP contribution in [0.5, 0.6) is 0 Å². The van der Waals surface area contributed by atoms with Crippen LogP contribution >= 0.6 is 0 Å².